The molecule has 1 saturated heterocycles. The fraction of sp³-hybridized carbons (Fsp3) is 0.538. The van der Waals surface area contributed by atoms with Gasteiger partial charge in [-0.1, -0.05) is 41.2 Å². The number of rotatable bonds is 8. The van der Waals surface area contributed by atoms with E-state index in [1.807, 2.05) is 36.7 Å². The van der Waals surface area contributed by atoms with Gasteiger partial charge in [0.1, 0.15) is 0 Å². The summed E-state index contributed by atoms with van der Waals surface area (Å²) in [6, 6.07) is 7.45. The molecule has 2 N–H and O–H groups in total. The lowest BCUT2D eigenvalue weighted by atomic mass is 9.75. The normalized spacial score (nSPS) is 19.6. The molecule has 0 spiro atoms. The van der Waals surface area contributed by atoms with Crippen LogP contribution in [0, 0.1) is 24.2 Å². The van der Waals surface area contributed by atoms with Crippen LogP contribution in [0.1, 0.15) is 53.2 Å². The highest BCUT2D eigenvalue weighted by atomic mass is 32.1. The van der Waals surface area contributed by atoms with Crippen LogP contribution in [0.5, 0.6) is 5.75 Å². The predicted octanol–water partition coefficient (Wildman–Crippen LogP) is 5.19. The lowest BCUT2D eigenvalue weighted by Crippen LogP contribution is -2.46. The average molecular weight is 472 g/mol. The molecule has 1 aromatic heterocycles. The molecule has 1 aliphatic heterocycles. The minimum Gasteiger partial charge on any atom is -0.391 e. The minimum atomic E-state index is -0.570. The van der Waals surface area contributed by atoms with Crippen LogP contribution in [0.25, 0.3) is 10.4 Å². The van der Waals surface area contributed by atoms with E-state index < -0.39 is 6.10 Å². The Morgan fingerprint density at radius 2 is 2.00 bits per heavy atom. The van der Waals surface area contributed by atoms with E-state index in [1.165, 1.54) is 0 Å². The molecule has 0 radical (unpaired) electrons. The Kier molecular flexibility index (Phi) is 7.85. The molecule has 3 atom stereocenters. The summed E-state index contributed by atoms with van der Waals surface area (Å²) in [4.78, 5) is 26.5. The monoisotopic (exact) mass is 471 g/mol. The van der Waals surface area contributed by atoms with Crippen molar-refractivity contribution in [2.45, 2.75) is 66.5 Å². The first-order valence-corrected chi connectivity index (χ1v) is 12.5. The molecular formula is C26H37N3O3S. The van der Waals surface area contributed by atoms with E-state index in [9.17, 15) is 9.90 Å². The topological polar surface area (TPSA) is 74.7 Å². The fourth-order valence-electron chi connectivity index (χ4n) is 4.33. The summed E-state index contributed by atoms with van der Waals surface area (Å²) in [5, 5.41) is 10.4. The fourth-order valence-corrected chi connectivity index (χ4v) is 5.14. The van der Waals surface area contributed by atoms with Crippen LogP contribution in [0.3, 0.4) is 0 Å². The zero-order chi connectivity index (χ0) is 24.3. The Hall–Kier alpha value is -2.38. The third-order valence-electron chi connectivity index (χ3n) is 6.18. The van der Waals surface area contributed by atoms with E-state index in [2.05, 4.69) is 51.7 Å². The summed E-state index contributed by atoms with van der Waals surface area (Å²) in [5.41, 5.74) is 7.27. The maximum Gasteiger partial charge on any atom is 0.226 e. The summed E-state index contributed by atoms with van der Waals surface area (Å²) >= 11 is 1.61. The predicted molar refractivity (Wildman–Crippen MR) is 134 cm³/mol. The molecule has 2 heterocycles. The number of thiazole rings is 1. The number of nitrogens with one attached hydrogen (secondary N) is 1. The van der Waals surface area contributed by atoms with Crippen LogP contribution >= 0.6 is 11.3 Å². The van der Waals surface area contributed by atoms with Crippen LogP contribution in [0.4, 0.5) is 0 Å². The van der Waals surface area contributed by atoms with Crippen molar-refractivity contribution in [3.05, 3.63) is 47.7 Å². The molecule has 1 fully saturated rings. The van der Waals surface area contributed by atoms with Gasteiger partial charge < -0.3 is 14.8 Å². The molecule has 1 aromatic carbocycles. The number of aliphatic hydroxyl groups is 1. The van der Waals surface area contributed by atoms with E-state index in [-0.39, 0.29) is 23.3 Å². The number of hydrogen-bond donors (Lipinski definition) is 2. The van der Waals surface area contributed by atoms with Crippen LogP contribution in [-0.4, -0.2) is 39.6 Å². The number of hydroxylamine groups is 1. The van der Waals surface area contributed by atoms with Gasteiger partial charge >= 0.3 is 0 Å². The van der Waals surface area contributed by atoms with Crippen LogP contribution in [-0.2, 0) is 4.79 Å². The number of aryl methyl sites for hydroxylation is 1. The molecule has 0 saturated carbocycles. The van der Waals surface area contributed by atoms with Crippen molar-refractivity contribution in [2.24, 2.45) is 17.3 Å². The number of β-amino-alcohol motifs (C(OH)–C–C–N with tert-alkyl or cyclic N) is 1. The highest BCUT2D eigenvalue weighted by Gasteiger charge is 2.42. The van der Waals surface area contributed by atoms with Gasteiger partial charge in [0.05, 0.1) is 33.9 Å². The number of likely N-dealkylation sites (tertiary alicyclic amines) is 1. The first kappa shape index (κ1) is 25.2. The molecule has 1 aliphatic rings. The highest BCUT2D eigenvalue weighted by molar-refractivity contribution is 7.13. The number of benzene rings is 1. The van der Waals surface area contributed by atoms with E-state index in [4.69, 9.17) is 4.84 Å². The molecule has 0 unspecified atom stereocenters. The lowest BCUT2D eigenvalue weighted by Gasteiger charge is -2.36. The smallest absolute Gasteiger partial charge is 0.226 e. The Labute approximate surface area is 201 Å². The van der Waals surface area contributed by atoms with Gasteiger partial charge in [-0.05, 0) is 54.5 Å². The van der Waals surface area contributed by atoms with Crippen molar-refractivity contribution in [3.8, 4) is 16.2 Å². The van der Waals surface area contributed by atoms with Crippen molar-refractivity contribution in [1.29, 1.82) is 0 Å². The Morgan fingerprint density at radius 3 is 2.55 bits per heavy atom. The molecule has 2 aromatic rings. The van der Waals surface area contributed by atoms with E-state index >= 15 is 0 Å². The molecule has 0 bridgehead atoms. The minimum absolute atomic E-state index is 0.0741. The summed E-state index contributed by atoms with van der Waals surface area (Å²) < 4.78 is 0. The SMILES string of the molecule is C=C(NOc1ccc(-c2scnc2C)cc1)[C@@H]1C[C@@H](O)CN1C(=O)[C@@H](CC(C)C)C(C)(C)C. The van der Waals surface area contributed by atoms with Gasteiger partial charge in [0.2, 0.25) is 5.91 Å². The van der Waals surface area contributed by atoms with Crippen LogP contribution in [0.2, 0.25) is 0 Å². The lowest BCUT2D eigenvalue weighted by molar-refractivity contribution is -0.140. The van der Waals surface area contributed by atoms with E-state index in [0.29, 0.717) is 30.3 Å². The average Bonchev–Trinajstić information content (AvgIpc) is 3.35. The number of carbonyl (C=O) groups excluding carboxylic acids is 1. The number of hydrogen-bond acceptors (Lipinski definition) is 6. The van der Waals surface area contributed by atoms with Gasteiger partial charge in [0.25, 0.3) is 0 Å². The summed E-state index contributed by atoms with van der Waals surface area (Å²) in [6.45, 7) is 17.0. The Balaban J connectivity index is 1.66. The van der Waals surface area contributed by atoms with Gasteiger partial charge in [-0.25, -0.2) is 10.5 Å². The maximum atomic E-state index is 13.5. The van der Waals surface area contributed by atoms with Gasteiger partial charge in [0, 0.05) is 18.9 Å². The summed E-state index contributed by atoms with van der Waals surface area (Å²) in [5.74, 6) is 1.00. The van der Waals surface area contributed by atoms with E-state index in [0.717, 1.165) is 22.6 Å². The van der Waals surface area contributed by atoms with Crippen LogP contribution in [0.15, 0.2) is 42.1 Å². The summed E-state index contributed by atoms with van der Waals surface area (Å²) in [6.07, 6.45) is 0.686. The first-order valence-electron chi connectivity index (χ1n) is 11.6. The third-order valence-corrected chi connectivity index (χ3v) is 7.15. The van der Waals surface area contributed by atoms with Crippen molar-refractivity contribution in [2.75, 3.05) is 6.54 Å². The molecule has 180 valence electrons. The van der Waals surface area contributed by atoms with Gasteiger partial charge in [-0.3, -0.25) is 4.79 Å². The second kappa shape index (κ2) is 10.3. The zero-order valence-corrected chi connectivity index (χ0v) is 21.4. The summed E-state index contributed by atoms with van der Waals surface area (Å²) in [7, 11) is 0. The highest BCUT2D eigenvalue weighted by Crippen LogP contribution is 2.36. The number of nitrogens with zero attached hydrogens (tertiary/aromatic N) is 2. The van der Waals surface area contributed by atoms with Gasteiger partial charge in [-0.2, -0.15) is 0 Å². The van der Waals surface area contributed by atoms with Gasteiger partial charge in [0.15, 0.2) is 5.75 Å². The zero-order valence-electron chi connectivity index (χ0n) is 20.6. The second-order valence-electron chi connectivity index (χ2n) is 10.5. The molecular weight excluding hydrogens is 434 g/mol. The van der Waals surface area contributed by atoms with Crippen molar-refractivity contribution in [3.63, 3.8) is 0 Å². The van der Waals surface area contributed by atoms with E-state index in [1.54, 1.807) is 16.2 Å². The Morgan fingerprint density at radius 1 is 1.33 bits per heavy atom. The van der Waals surface area contributed by atoms with Crippen molar-refractivity contribution < 1.29 is 14.7 Å². The molecule has 0 aliphatic carbocycles. The second-order valence-corrected chi connectivity index (χ2v) is 11.3. The van der Waals surface area contributed by atoms with Crippen LogP contribution < -0.4 is 10.3 Å². The molecule has 33 heavy (non-hydrogen) atoms. The molecule has 7 heteroatoms. The van der Waals surface area contributed by atoms with Gasteiger partial charge in [-0.15, -0.1) is 11.3 Å². The van der Waals surface area contributed by atoms with Crippen molar-refractivity contribution >= 4 is 17.2 Å². The number of amides is 1. The standard InChI is InChI=1S/C26H37N3O3S/c1-16(2)12-22(26(5,6)7)25(31)29-14-20(30)13-23(29)17(3)28-32-21-10-8-19(9-11-21)24-18(4)27-15-33-24/h8-11,15-16,20,22-23,28,30H,3,12-14H2,1-2,4-7H3/t20-,22-,23+/m1/s1. The van der Waals surface area contributed by atoms with Crippen molar-refractivity contribution in [1.82, 2.24) is 15.4 Å². The number of carbonyl (C=O) groups is 1. The molecule has 6 nitrogen and oxygen atoms in total. The molecule has 1 amide bonds. The maximum absolute atomic E-state index is 13.5. The number of aliphatic hydroxyl groups excluding tert-OH is 1. The number of aromatic nitrogens is 1. The quantitative estimate of drug-likeness (QED) is 0.519. The first-order chi connectivity index (χ1) is 15.5. The largest absolute Gasteiger partial charge is 0.391 e. The Bertz CT molecular complexity index is 962. The third kappa shape index (κ3) is 6.15. The molecule has 3 rings (SSSR count).